The highest BCUT2D eigenvalue weighted by Gasteiger charge is 2.43. The Morgan fingerprint density at radius 2 is 1.79 bits per heavy atom. The van der Waals surface area contributed by atoms with E-state index in [9.17, 15) is 4.79 Å². The van der Waals surface area contributed by atoms with Gasteiger partial charge in [0.2, 0.25) is 0 Å². The van der Waals surface area contributed by atoms with Crippen molar-refractivity contribution in [2.45, 2.75) is 32.7 Å². The molecule has 0 saturated carbocycles. The third-order valence-corrected chi connectivity index (χ3v) is 6.38. The lowest BCUT2D eigenvalue weighted by atomic mass is 9.99. The molecular weight excluding hydrogens is 360 g/mol. The van der Waals surface area contributed by atoms with Crippen LogP contribution >= 0.6 is 0 Å². The first kappa shape index (κ1) is 18.4. The van der Waals surface area contributed by atoms with Gasteiger partial charge in [0.25, 0.3) is 5.91 Å². The van der Waals surface area contributed by atoms with E-state index in [0.29, 0.717) is 6.54 Å². The number of amides is 1. The molecule has 1 unspecified atom stereocenters. The summed E-state index contributed by atoms with van der Waals surface area (Å²) < 4.78 is 0. The highest BCUT2D eigenvalue weighted by Crippen LogP contribution is 2.33. The Morgan fingerprint density at radius 1 is 1.00 bits per heavy atom. The fourth-order valence-electron chi connectivity index (χ4n) is 4.81. The van der Waals surface area contributed by atoms with Gasteiger partial charge in [-0.1, -0.05) is 54.6 Å². The van der Waals surface area contributed by atoms with Crippen LogP contribution in [0.2, 0.25) is 0 Å². The van der Waals surface area contributed by atoms with Gasteiger partial charge in [0, 0.05) is 51.4 Å². The number of carbonyl (C=O) groups excluding carboxylic acids is 1. The first-order chi connectivity index (χ1) is 14.2. The molecule has 0 bridgehead atoms. The molecule has 0 aromatic heterocycles. The summed E-state index contributed by atoms with van der Waals surface area (Å²) in [4.78, 5) is 20.4. The minimum absolute atomic E-state index is 0.0125. The van der Waals surface area contributed by atoms with Crippen LogP contribution in [0.4, 0.5) is 0 Å². The van der Waals surface area contributed by atoms with Gasteiger partial charge in [-0.2, -0.15) is 0 Å². The van der Waals surface area contributed by atoms with Crippen molar-refractivity contribution in [3.05, 3.63) is 82.6 Å². The van der Waals surface area contributed by atoms with E-state index >= 15 is 0 Å². The number of nitrogens with one attached hydrogen (secondary N) is 1. The van der Waals surface area contributed by atoms with Gasteiger partial charge in [-0.15, -0.1) is 0 Å². The maximum atomic E-state index is 13.6. The number of benzene rings is 2. The number of hydrogen-bond acceptors (Lipinski definition) is 4. The van der Waals surface area contributed by atoms with Crippen LogP contribution in [0, 0.1) is 6.92 Å². The van der Waals surface area contributed by atoms with Crippen LogP contribution in [0.1, 0.15) is 23.1 Å². The predicted octanol–water partition coefficient (Wildman–Crippen LogP) is 2.69. The smallest absolute Gasteiger partial charge is 0.255 e. The highest BCUT2D eigenvalue weighted by molar-refractivity contribution is 5.96. The van der Waals surface area contributed by atoms with Crippen molar-refractivity contribution in [1.29, 1.82) is 0 Å². The van der Waals surface area contributed by atoms with Crippen LogP contribution in [-0.2, 0) is 17.9 Å². The molecule has 1 atom stereocenters. The molecule has 2 aromatic carbocycles. The molecule has 1 amide bonds. The van der Waals surface area contributed by atoms with Gasteiger partial charge in [-0.05, 0) is 23.6 Å². The zero-order valence-electron chi connectivity index (χ0n) is 17.0. The molecule has 3 aliphatic rings. The molecule has 1 fully saturated rings. The Balaban J connectivity index is 1.41. The zero-order valence-corrected chi connectivity index (χ0v) is 17.0. The van der Waals surface area contributed by atoms with Crippen molar-refractivity contribution in [2.24, 2.45) is 0 Å². The summed E-state index contributed by atoms with van der Waals surface area (Å²) in [5.41, 5.74) is 6.00. The first-order valence-electron chi connectivity index (χ1n) is 10.5. The van der Waals surface area contributed by atoms with E-state index in [2.05, 4.69) is 76.6 Å². The summed E-state index contributed by atoms with van der Waals surface area (Å²) in [6.07, 6.45) is 0.936. The molecular formula is C24H28N4O. The van der Waals surface area contributed by atoms with Crippen LogP contribution in [-0.4, -0.2) is 53.1 Å². The van der Waals surface area contributed by atoms with Crippen LogP contribution in [0.15, 0.2) is 65.9 Å². The summed E-state index contributed by atoms with van der Waals surface area (Å²) >= 11 is 0. The number of aryl methyl sites for hydroxylation is 1. The van der Waals surface area contributed by atoms with Gasteiger partial charge in [0.15, 0.2) is 6.29 Å². The van der Waals surface area contributed by atoms with Gasteiger partial charge in [-0.25, -0.2) is 0 Å². The second-order valence-corrected chi connectivity index (χ2v) is 8.25. The quantitative estimate of drug-likeness (QED) is 0.874. The molecule has 0 radical (unpaired) electrons. The molecule has 0 aliphatic carbocycles. The minimum atomic E-state index is -0.0125. The summed E-state index contributed by atoms with van der Waals surface area (Å²) in [5, 5.41) is 3.55. The SMILES string of the molecule is Cc1ccccc1CN1C(=O)C2=C(CCN(Cc3ccccc3)C2)N2CCNC12. The molecule has 29 heavy (non-hydrogen) atoms. The zero-order chi connectivity index (χ0) is 19.8. The third-order valence-electron chi connectivity index (χ3n) is 6.38. The van der Waals surface area contributed by atoms with Crippen LogP contribution < -0.4 is 5.32 Å². The van der Waals surface area contributed by atoms with Gasteiger partial charge in [-0.3, -0.25) is 15.0 Å². The Labute approximate surface area is 172 Å². The number of fused-ring (bicyclic) bond motifs is 2. The van der Waals surface area contributed by atoms with Gasteiger partial charge in [0.1, 0.15) is 0 Å². The Morgan fingerprint density at radius 3 is 2.62 bits per heavy atom. The van der Waals surface area contributed by atoms with Crippen LogP contribution in [0.5, 0.6) is 0 Å². The monoisotopic (exact) mass is 388 g/mol. The average Bonchev–Trinajstić information content (AvgIpc) is 3.23. The molecule has 150 valence electrons. The molecule has 5 heteroatoms. The maximum Gasteiger partial charge on any atom is 0.255 e. The van der Waals surface area contributed by atoms with E-state index in [-0.39, 0.29) is 12.2 Å². The minimum Gasteiger partial charge on any atom is -0.341 e. The first-order valence-corrected chi connectivity index (χ1v) is 10.5. The fourth-order valence-corrected chi connectivity index (χ4v) is 4.81. The van der Waals surface area contributed by atoms with E-state index in [0.717, 1.165) is 44.7 Å². The largest absolute Gasteiger partial charge is 0.341 e. The summed E-state index contributed by atoms with van der Waals surface area (Å²) in [5.74, 6) is 0.191. The maximum absolute atomic E-state index is 13.6. The van der Waals surface area contributed by atoms with Gasteiger partial charge in [0.05, 0.1) is 5.57 Å². The standard InChI is InChI=1S/C24H28N4O/c1-18-7-5-6-10-20(18)16-28-23(29)21-17-26(15-19-8-3-2-4-9-19)13-11-22(21)27-14-12-25-24(27)28/h2-10,24-25H,11-17H2,1H3. The second kappa shape index (κ2) is 7.65. The average molecular weight is 389 g/mol. The molecule has 5 rings (SSSR count). The molecule has 1 N–H and O–H groups in total. The van der Waals surface area contributed by atoms with Crippen molar-refractivity contribution < 1.29 is 4.79 Å². The Bertz CT molecular complexity index is 939. The third kappa shape index (κ3) is 3.45. The lowest BCUT2D eigenvalue weighted by Crippen LogP contribution is -2.58. The molecule has 5 nitrogen and oxygen atoms in total. The van der Waals surface area contributed by atoms with Gasteiger partial charge >= 0.3 is 0 Å². The highest BCUT2D eigenvalue weighted by atomic mass is 16.2. The van der Waals surface area contributed by atoms with E-state index in [1.54, 1.807) is 0 Å². The number of hydrogen-bond donors (Lipinski definition) is 1. The number of rotatable bonds is 4. The predicted molar refractivity (Wildman–Crippen MR) is 114 cm³/mol. The normalized spacial score (nSPS) is 22.1. The van der Waals surface area contributed by atoms with Crippen LogP contribution in [0.3, 0.4) is 0 Å². The topological polar surface area (TPSA) is 38.8 Å². The molecule has 1 saturated heterocycles. The van der Waals surface area contributed by atoms with Crippen molar-refractivity contribution in [3.63, 3.8) is 0 Å². The summed E-state index contributed by atoms with van der Waals surface area (Å²) in [6.45, 7) is 7.29. The van der Waals surface area contributed by atoms with E-state index in [1.165, 1.54) is 22.4 Å². The Kier molecular flexibility index (Phi) is 4.86. The van der Waals surface area contributed by atoms with Crippen LogP contribution in [0.25, 0.3) is 0 Å². The van der Waals surface area contributed by atoms with Crippen molar-refractivity contribution in [2.75, 3.05) is 26.2 Å². The Hall–Kier alpha value is -2.63. The molecule has 3 aliphatic heterocycles. The molecule has 2 aromatic rings. The molecule has 3 heterocycles. The van der Waals surface area contributed by atoms with E-state index in [4.69, 9.17) is 0 Å². The second-order valence-electron chi connectivity index (χ2n) is 8.25. The van der Waals surface area contributed by atoms with Gasteiger partial charge < -0.3 is 9.80 Å². The lowest BCUT2D eigenvalue weighted by molar-refractivity contribution is -0.137. The lowest BCUT2D eigenvalue weighted by Gasteiger charge is -2.46. The summed E-state index contributed by atoms with van der Waals surface area (Å²) in [6, 6.07) is 18.9. The van der Waals surface area contributed by atoms with E-state index in [1.807, 2.05) is 4.90 Å². The van der Waals surface area contributed by atoms with Crippen molar-refractivity contribution >= 4 is 5.91 Å². The van der Waals surface area contributed by atoms with E-state index < -0.39 is 0 Å². The van der Waals surface area contributed by atoms with Crippen molar-refractivity contribution in [1.82, 2.24) is 20.0 Å². The summed E-state index contributed by atoms with van der Waals surface area (Å²) in [7, 11) is 0. The number of nitrogens with zero attached hydrogens (tertiary/aromatic N) is 3. The van der Waals surface area contributed by atoms with Crippen molar-refractivity contribution in [3.8, 4) is 0 Å². The fraction of sp³-hybridized carbons (Fsp3) is 0.375. The number of carbonyl (C=O) groups is 1. The molecule has 0 spiro atoms.